The maximum absolute atomic E-state index is 2.30. The molecule has 0 amide bonds. The van der Waals surface area contributed by atoms with Crippen LogP contribution in [0.2, 0.25) is 0 Å². The molecule has 2 aromatic rings. The summed E-state index contributed by atoms with van der Waals surface area (Å²) in [7, 11) is 0. The molecule has 2 aromatic carbocycles. The van der Waals surface area contributed by atoms with Crippen LogP contribution in [0.1, 0.15) is 16.7 Å². The zero-order valence-electron chi connectivity index (χ0n) is 11.1. The van der Waals surface area contributed by atoms with Crippen molar-refractivity contribution in [3.8, 4) is 0 Å². The van der Waals surface area contributed by atoms with E-state index in [1.807, 2.05) is 11.8 Å². The summed E-state index contributed by atoms with van der Waals surface area (Å²) >= 11 is 3.62. The van der Waals surface area contributed by atoms with Crippen LogP contribution < -0.4 is 0 Å². The molecule has 0 nitrogen and oxygen atoms in total. The Morgan fingerprint density at radius 2 is 1.61 bits per heavy atom. The third-order valence-electron chi connectivity index (χ3n) is 2.99. The highest BCUT2D eigenvalue weighted by atomic mass is 32.2. The van der Waals surface area contributed by atoms with E-state index in [4.69, 9.17) is 0 Å². The van der Waals surface area contributed by atoms with E-state index in [0.29, 0.717) is 0 Å². The number of benzene rings is 2. The fourth-order valence-electron chi connectivity index (χ4n) is 2.01. The minimum Gasteiger partial charge on any atom is -0.130 e. The van der Waals surface area contributed by atoms with Crippen LogP contribution in [-0.4, -0.2) is 12.5 Å². The molecule has 0 N–H and O–H groups in total. The highest BCUT2D eigenvalue weighted by molar-refractivity contribution is 7.98. The molecular formula is C16H18S2. The van der Waals surface area contributed by atoms with Crippen molar-refractivity contribution in [2.45, 2.75) is 23.1 Å². The van der Waals surface area contributed by atoms with Gasteiger partial charge in [0, 0.05) is 9.79 Å². The second kappa shape index (κ2) is 6.35. The average Bonchev–Trinajstić information content (AvgIpc) is 2.40. The maximum atomic E-state index is 2.30. The van der Waals surface area contributed by atoms with Gasteiger partial charge >= 0.3 is 0 Å². The number of hydrogen-bond donors (Lipinski definition) is 0. The van der Waals surface area contributed by atoms with Crippen molar-refractivity contribution >= 4 is 23.5 Å². The molecule has 0 aliphatic carbocycles. The molecule has 0 spiro atoms. The minimum atomic E-state index is 1.02. The van der Waals surface area contributed by atoms with E-state index < -0.39 is 0 Å². The Kier molecular flexibility index (Phi) is 4.79. The van der Waals surface area contributed by atoms with E-state index in [2.05, 4.69) is 61.9 Å². The standard InChI is InChI=1S/C16H18S2/c1-12-4-9-16(18-3)14(10-12)11-13-5-7-15(17-2)8-6-13/h4-10H,11H2,1-3H3. The molecule has 0 fully saturated rings. The number of aryl methyl sites for hydroxylation is 1. The summed E-state index contributed by atoms with van der Waals surface area (Å²) in [6.07, 6.45) is 5.28. The van der Waals surface area contributed by atoms with E-state index in [1.165, 1.54) is 26.5 Å². The molecule has 0 saturated carbocycles. The zero-order valence-corrected chi connectivity index (χ0v) is 12.7. The van der Waals surface area contributed by atoms with Crippen LogP contribution in [0.4, 0.5) is 0 Å². The minimum absolute atomic E-state index is 1.02. The van der Waals surface area contributed by atoms with Crippen LogP contribution in [0.25, 0.3) is 0 Å². The fourth-order valence-corrected chi connectivity index (χ4v) is 3.01. The first-order valence-electron chi connectivity index (χ1n) is 5.99. The lowest BCUT2D eigenvalue weighted by molar-refractivity contribution is 1.11. The monoisotopic (exact) mass is 274 g/mol. The molecule has 0 bridgehead atoms. The molecular weight excluding hydrogens is 256 g/mol. The second-order valence-electron chi connectivity index (χ2n) is 4.34. The molecule has 0 aliphatic heterocycles. The maximum Gasteiger partial charge on any atom is 0.0105 e. The van der Waals surface area contributed by atoms with Gasteiger partial charge in [0.1, 0.15) is 0 Å². The number of rotatable bonds is 4. The lowest BCUT2D eigenvalue weighted by Gasteiger charge is -2.09. The van der Waals surface area contributed by atoms with Gasteiger partial charge in [-0.3, -0.25) is 0 Å². The van der Waals surface area contributed by atoms with E-state index in [9.17, 15) is 0 Å². The Balaban J connectivity index is 2.24. The van der Waals surface area contributed by atoms with Gasteiger partial charge in [0.2, 0.25) is 0 Å². The Morgan fingerprint density at radius 3 is 2.22 bits per heavy atom. The molecule has 94 valence electrons. The first kappa shape index (κ1) is 13.6. The van der Waals surface area contributed by atoms with Crippen LogP contribution in [0.5, 0.6) is 0 Å². The number of thioether (sulfide) groups is 2. The average molecular weight is 274 g/mol. The Hall–Kier alpha value is -0.860. The molecule has 2 rings (SSSR count). The van der Waals surface area contributed by atoms with E-state index >= 15 is 0 Å². The normalized spacial score (nSPS) is 10.6. The van der Waals surface area contributed by atoms with Crippen molar-refractivity contribution < 1.29 is 0 Å². The third kappa shape index (κ3) is 3.33. The highest BCUT2D eigenvalue weighted by Crippen LogP contribution is 2.25. The van der Waals surface area contributed by atoms with Crippen molar-refractivity contribution in [1.29, 1.82) is 0 Å². The molecule has 0 heterocycles. The molecule has 0 atom stereocenters. The lowest BCUT2D eigenvalue weighted by atomic mass is 10.0. The summed E-state index contributed by atoms with van der Waals surface area (Å²) in [6, 6.07) is 15.6. The van der Waals surface area contributed by atoms with Gasteiger partial charge in [-0.15, -0.1) is 23.5 Å². The van der Waals surface area contributed by atoms with Gasteiger partial charge in [0.05, 0.1) is 0 Å². The van der Waals surface area contributed by atoms with Gasteiger partial charge in [-0.05, 0) is 55.2 Å². The summed E-state index contributed by atoms with van der Waals surface area (Å²) in [5, 5.41) is 0. The molecule has 2 heteroatoms. The van der Waals surface area contributed by atoms with Gasteiger partial charge in [-0.25, -0.2) is 0 Å². The molecule has 0 radical (unpaired) electrons. The number of hydrogen-bond acceptors (Lipinski definition) is 2. The van der Waals surface area contributed by atoms with Crippen molar-refractivity contribution in [1.82, 2.24) is 0 Å². The predicted molar refractivity (Wildman–Crippen MR) is 84.0 cm³/mol. The van der Waals surface area contributed by atoms with Crippen LogP contribution >= 0.6 is 23.5 Å². The van der Waals surface area contributed by atoms with E-state index in [0.717, 1.165) is 6.42 Å². The van der Waals surface area contributed by atoms with Crippen LogP contribution in [-0.2, 0) is 6.42 Å². The Labute approximate surface area is 118 Å². The van der Waals surface area contributed by atoms with E-state index in [1.54, 1.807) is 11.8 Å². The first-order valence-corrected chi connectivity index (χ1v) is 8.44. The molecule has 0 aliphatic rings. The molecule has 18 heavy (non-hydrogen) atoms. The summed E-state index contributed by atoms with van der Waals surface area (Å²) in [4.78, 5) is 2.71. The second-order valence-corrected chi connectivity index (χ2v) is 6.07. The predicted octanol–water partition coefficient (Wildman–Crippen LogP) is 5.03. The molecule has 0 saturated heterocycles. The molecule has 0 aromatic heterocycles. The van der Waals surface area contributed by atoms with Gasteiger partial charge in [-0.2, -0.15) is 0 Å². The summed E-state index contributed by atoms with van der Waals surface area (Å²) in [5.74, 6) is 0. The molecule has 0 unspecified atom stereocenters. The van der Waals surface area contributed by atoms with E-state index in [-0.39, 0.29) is 0 Å². The van der Waals surface area contributed by atoms with Crippen molar-refractivity contribution in [3.05, 3.63) is 59.2 Å². The van der Waals surface area contributed by atoms with Crippen LogP contribution in [0.3, 0.4) is 0 Å². The zero-order chi connectivity index (χ0) is 13.0. The highest BCUT2D eigenvalue weighted by Gasteiger charge is 2.03. The fraction of sp³-hybridized carbons (Fsp3) is 0.250. The largest absolute Gasteiger partial charge is 0.130 e. The van der Waals surface area contributed by atoms with Gasteiger partial charge in [0.25, 0.3) is 0 Å². The van der Waals surface area contributed by atoms with Crippen molar-refractivity contribution in [2.75, 3.05) is 12.5 Å². The summed E-state index contributed by atoms with van der Waals surface area (Å²) in [5.41, 5.74) is 4.15. The SMILES string of the molecule is CSc1ccc(Cc2cc(C)ccc2SC)cc1. The summed E-state index contributed by atoms with van der Waals surface area (Å²) < 4.78 is 0. The van der Waals surface area contributed by atoms with Gasteiger partial charge < -0.3 is 0 Å². The van der Waals surface area contributed by atoms with Gasteiger partial charge in [-0.1, -0.05) is 29.8 Å². The van der Waals surface area contributed by atoms with Gasteiger partial charge in [0.15, 0.2) is 0 Å². The summed E-state index contributed by atoms with van der Waals surface area (Å²) in [6.45, 7) is 2.16. The van der Waals surface area contributed by atoms with Crippen molar-refractivity contribution in [3.63, 3.8) is 0 Å². The Morgan fingerprint density at radius 1 is 0.889 bits per heavy atom. The van der Waals surface area contributed by atoms with Crippen LogP contribution in [0, 0.1) is 6.92 Å². The topological polar surface area (TPSA) is 0 Å². The third-order valence-corrected chi connectivity index (χ3v) is 4.57. The van der Waals surface area contributed by atoms with Crippen LogP contribution in [0.15, 0.2) is 52.3 Å². The first-order chi connectivity index (χ1) is 8.72. The Bertz CT molecular complexity index is 515. The lowest BCUT2D eigenvalue weighted by Crippen LogP contribution is -1.92. The van der Waals surface area contributed by atoms with Crippen molar-refractivity contribution in [2.24, 2.45) is 0 Å². The smallest absolute Gasteiger partial charge is 0.0105 e. The quantitative estimate of drug-likeness (QED) is 0.717.